The third kappa shape index (κ3) is 2.70. The van der Waals surface area contributed by atoms with Crippen LogP contribution in [-0.2, 0) is 13.0 Å². The van der Waals surface area contributed by atoms with Crippen molar-refractivity contribution in [3.8, 4) is 6.07 Å². The lowest BCUT2D eigenvalue weighted by Crippen LogP contribution is -2.07. The number of para-hydroxylation sites is 2. The van der Waals surface area contributed by atoms with Gasteiger partial charge in [-0.3, -0.25) is 0 Å². The summed E-state index contributed by atoms with van der Waals surface area (Å²) in [6.45, 7) is 5.30. The smallest absolute Gasteiger partial charge is 0.110 e. The maximum atomic E-state index is 8.65. The van der Waals surface area contributed by atoms with Gasteiger partial charge in [0.2, 0.25) is 0 Å². The third-order valence-electron chi connectivity index (χ3n) is 2.99. The highest BCUT2D eigenvalue weighted by atomic mass is 15.1. The Kier molecular flexibility index (Phi) is 3.99. The predicted octanol–water partition coefficient (Wildman–Crippen LogP) is 3.54. The zero-order valence-electron chi connectivity index (χ0n) is 11.1. The first kappa shape index (κ1) is 12.6. The number of nitriles is 1. The molecular weight excluding hydrogens is 222 g/mol. The first-order chi connectivity index (χ1) is 8.72. The zero-order chi connectivity index (χ0) is 13.0. The van der Waals surface area contributed by atoms with Crippen LogP contribution in [0.1, 0.15) is 32.5 Å². The van der Waals surface area contributed by atoms with Crippen LogP contribution in [0.5, 0.6) is 0 Å². The van der Waals surface area contributed by atoms with Crippen LogP contribution in [0.15, 0.2) is 24.3 Å². The molecule has 0 aliphatic rings. The lowest BCUT2D eigenvalue weighted by molar-refractivity contribution is 0.568. The van der Waals surface area contributed by atoms with Crippen LogP contribution in [0.4, 0.5) is 0 Å². The molecule has 0 atom stereocenters. The van der Waals surface area contributed by atoms with Gasteiger partial charge < -0.3 is 4.57 Å². The van der Waals surface area contributed by atoms with E-state index in [1.165, 1.54) is 5.52 Å². The number of benzene rings is 1. The first-order valence-corrected chi connectivity index (χ1v) is 6.53. The lowest BCUT2D eigenvalue weighted by Gasteiger charge is -2.09. The number of imidazole rings is 1. The maximum absolute atomic E-state index is 8.65. The highest BCUT2D eigenvalue weighted by Crippen LogP contribution is 2.19. The molecule has 0 aliphatic heterocycles. The van der Waals surface area contributed by atoms with Crippen LogP contribution in [0.2, 0.25) is 0 Å². The molecule has 0 spiro atoms. The summed E-state index contributed by atoms with van der Waals surface area (Å²) in [5, 5.41) is 8.65. The Bertz CT molecular complexity index is 561. The van der Waals surface area contributed by atoms with Crippen LogP contribution in [0.3, 0.4) is 0 Å². The molecule has 2 aromatic rings. The van der Waals surface area contributed by atoms with Gasteiger partial charge in [-0.1, -0.05) is 26.0 Å². The lowest BCUT2D eigenvalue weighted by atomic mass is 10.1. The van der Waals surface area contributed by atoms with E-state index in [-0.39, 0.29) is 0 Å². The van der Waals surface area contributed by atoms with Gasteiger partial charge in [-0.2, -0.15) is 5.26 Å². The molecule has 0 bridgehead atoms. The van der Waals surface area contributed by atoms with Gasteiger partial charge >= 0.3 is 0 Å². The van der Waals surface area contributed by atoms with E-state index in [0.29, 0.717) is 12.3 Å². The second kappa shape index (κ2) is 5.68. The molecule has 1 heterocycles. The Morgan fingerprint density at radius 2 is 2.11 bits per heavy atom. The molecule has 0 fully saturated rings. The minimum atomic E-state index is 0.594. The quantitative estimate of drug-likeness (QED) is 0.751. The van der Waals surface area contributed by atoms with Crippen molar-refractivity contribution in [2.75, 3.05) is 0 Å². The normalized spacial score (nSPS) is 11.0. The molecule has 3 heteroatoms. The largest absolute Gasteiger partial charge is 0.328 e. The number of aryl methyl sites for hydroxylation is 1. The average Bonchev–Trinajstić information content (AvgIpc) is 2.67. The van der Waals surface area contributed by atoms with Gasteiger partial charge in [-0.05, 0) is 24.5 Å². The van der Waals surface area contributed by atoms with E-state index in [4.69, 9.17) is 10.2 Å². The molecule has 0 aliphatic carbocycles. The molecular formula is C15H19N3. The topological polar surface area (TPSA) is 41.6 Å². The summed E-state index contributed by atoms with van der Waals surface area (Å²) in [6.07, 6.45) is 2.48. The van der Waals surface area contributed by atoms with Crippen molar-refractivity contribution in [3.63, 3.8) is 0 Å². The van der Waals surface area contributed by atoms with E-state index < -0.39 is 0 Å². The van der Waals surface area contributed by atoms with Crippen molar-refractivity contribution in [3.05, 3.63) is 30.1 Å². The molecule has 1 aromatic carbocycles. The van der Waals surface area contributed by atoms with E-state index in [2.05, 4.69) is 36.6 Å². The molecule has 94 valence electrons. The maximum Gasteiger partial charge on any atom is 0.110 e. The number of hydrogen-bond acceptors (Lipinski definition) is 2. The van der Waals surface area contributed by atoms with Crippen molar-refractivity contribution in [2.45, 2.75) is 39.7 Å². The molecule has 0 saturated heterocycles. The number of aromatic nitrogens is 2. The van der Waals surface area contributed by atoms with Crippen molar-refractivity contribution in [1.29, 1.82) is 5.26 Å². The second-order valence-electron chi connectivity index (χ2n) is 5.03. The van der Waals surface area contributed by atoms with Crippen LogP contribution in [-0.4, -0.2) is 9.55 Å². The Hall–Kier alpha value is -1.82. The van der Waals surface area contributed by atoms with Crippen molar-refractivity contribution >= 4 is 11.0 Å². The minimum absolute atomic E-state index is 0.594. The van der Waals surface area contributed by atoms with E-state index in [1.807, 2.05) is 12.1 Å². The van der Waals surface area contributed by atoms with Gasteiger partial charge in [0.25, 0.3) is 0 Å². The number of unbranched alkanes of at least 4 members (excludes halogenated alkanes) is 1. The van der Waals surface area contributed by atoms with Gasteiger partial charge in [0.1, 0.15) is 5.82 Å². The molecule has 0 unspecified atom stereocenters. The number of rotatable bonds is 5. The summed E-state index contributed by atoms with van der Waals surface area (Å²) in [6, 6.07) is 10.4. The summed E-state index contributed by atoms with van der Waals surface area (Å²) in [5.74, 6) is 1.74. The highest BCUT2D eigenvalue weighted by Gasteiger charge is 2.11. The monoisotopic (exact) mass is 241 g/mol. The third-order valence-corrected chi connectivity index (χ3v) is 2.99. The Labute approximate surface area is 108 Å². The number of fused-ring (bicyclic) bond motifs is 1. The summed E-state index contributed by atoms with van der Waals surface area (Å²) in [5.41, 5.74) is 2.25. The Balaban J connectivity index is 2.35. The SMILES string of the molecule is CC(C)Cc1nc2ccccc2n1CCCC#N. The molecule has 18 heavy (non-hydrogen) atoms. The molecule has 0 N–H and O–H groups in total. The van der Waals surface area contributed by atoms with Gasteiger partial charge in [0, 0.05) is 19.4 Å². The number of nitrogens with zero attached hydrogens (tertiary/aromatic N) is 3. The van der Waals surface area contributed by atoms with Gasteiger partial charge in [0.15, 0.2) is 0 Å². The fourth-order valence-electron chi connectivity index (χ4n) is 2.21. The molecule has 3 nitrogen and oxygen atoms in total. The van der Waals surface area contributed by atoms with Gasteiger partial charge in [-0.15, -0.1) is 0 Å². The Morgan fingerprint density at radius 3 is 2.83 bits per heavy atom. The van der Waals surface area contributed by atoms with Crippen LogP contribution >= 0.6 is 0 Å². The predicted molar refractivity (Wildman–Crippen MR) is 73.1 cm³/mol. The Morgan fingerprint density at radius 1 is 1.33 bits per heavy atom. The number of hydrogen-bond donors (Lipinski definition) is 0. The van der Waals surface area contributed by atoms with E-state index in [0.717, 1.165) is 30.7 Å². The standard InChI is InChI=1S/C15H19N3/c1-12(2)11-15-17-13-7-3-4-8-14(13)18(15)10-6-5-9-16/h3-4,7-8,12H,5-6,10-11H2,1-2H3. The van der Waals surface area contributed by atoms with Crippen LogP contribution < -0.4 is 0 Å². The first-order valence-electron chi connectivity index (χ1n) is 6.53. The molecule has 0 radical (unpaired) electrons. The molecule has 0 saturated carbocycles. The zero-order valence-corrected chi connectivity index (χ0v) is 11.1. The van der Waals surface area contributed by atoms with E-state index in [9.17, 15) is 0 Å². The fourth-order valence-corrected chi connectivity index (χ4v) is 2.21. The van der Waals surface area contributed by atoms with Gasteiger partial charge in [0.05, 0.1) is 17.1 Å². The summed E-state index contributed by atoms with van der Waals surface area (Å²) in [4.78, 5) is 4.71. The molecule has 0 amide bonds. The highest BCUT2D eigenvalue weighted by molar-refractivity contribution is 5.75. The van der Waals surface area contributed by atoms with Crippen LogP contribution in [0.25, 0.3) is 11.0 Å². The summed E-state index contributed by atoms with van der Waals surface area (Å²) < 4.78 is 2.27. The van der Waals surface area contributed by atoms with Crippen LogP contribution in [0, 0.1) is 17.2 Å². The van der Waals surface area contributed by atoms with Crippen molar-refractivity contribution in [1.82, 2.24) is 9.55 Å². The van der Waals surface area contributed by atoms with Crippen molar-refractivity contribution < 1.29 is 0 Å². The summed E-state index contributed by atoms with van der Waals surface area (Å²) in [7, 11) is 0. The van der Waals surface area contributed by atoms with E-state index >= 15 is 0 Å². The average molecular weight is 241 g/mol. The van der Waals surface area contributed by atoms with E-state index in [1.54, 1.807) is 0 Å². The summed E-state index contributed by atoms with van der Waals surface area (Å²) >= 11 is 0. The minimum Gasteiger partial charge on any atom is -0.328 e. The van der Waals surface area contributed by atoms with Crippen molar-refractivity contribution in [2.24, 2.45) is 5.92 Å². The van der Waals surface area contributed by atoms with Gasteiger partial charge in [-0.25, -0.2) is 4.98 Å². The second-order valence-corrected chi connectivity index (χ2v) is 5.03. The fraction of sp³-hybridized carbons (Fsp3) is 0.467. The molecule has 1 aromatic heterocycles. The molecule has 2 rings (SSSR count).